The number of aliphatic hydroxyl groups excluding tert-OH is 1. The Labute approximate surface area is 97.7 Å². The maximum absolute atomic E-state index is 10.4. The molecule has 90 valence electrons. The van der Waals surface area contributed by atoms with Crippen LogP contribution in [0.2, 0.25) is 0 Å². The largest absolute Gasteiger partial charge is 0.499 e. The van der Waals surface area contributed by atoms with E-state index in [0.717, 1.165) is 17.8 Å². The van der Waals surface area contributed by atoms with Crippen molar-refractivity contribution in [2.75, 3.05) is 6.61 Å². The van der Waals surface area contributed by atoms with Crippen LogP contribution in [0.5, 0.6) is 0 Å². The summed E-state index contributed by atoms with van der Waals surface area (Å²) in [6.07, 6.45) is 9.15. The van der Waals surface area contributed by atoms with Gasteiger partial charge in [0.1, 0.15) is 6.61 Å². The molecule has 1 N–H and O–H groups in total. The molecule has 16 heavy (non-hydrogen) atoms. The highest BCUT2D eigenvalue weighted by Gasteiger charge is 2.53. The summed E-state index contributed by atoms with van der Waals surface area (Å²) in [4.78, 5) is 0. The quantitative estimate of drug-likeness (QED) is 0.741. The van der Waals surface area contributed by atoms with E-state index in [2.05, 4.69) is 6.58 Å². The standard InChI is InChI=1S/C14H22O2/c1-2-16-9-13(15)14-6-10-3-11(7-14)5-12(4-10)8-14/h2,10-13,15H,1,3-9H2. The van der Waals surface area contributed by atoms with Crippen LogP contribution in [0.4, 0.5) is 0 Å². The summed E-state index contributed by atoms with van der Waals surface area (Å²) < 4.78 is 5.20. The van der Waals surface area contributed by atoms with Gasteiger partial charge in [-0.15, -0.1) is 0 Å². The van der Waals surface area contributed by atoms with Gasteiger partial charge in [0.05, 0.1) is 12.4 Å². The molecule has 2 heteroatoms. The molecule has 0 radical (unpaired) electrons. The number of rotatable bonds is 4. The van der Waals surface area contributed by atoms with Crippen molar-refractivity contribution in [3.05, 3.63) is 12.8 Å². The van der Waals surface area contributed by atoms with Crippen LogP contribution >= 0.6 is 0 Å². The highest BCUT2D eigenvalue weighted by Crippen LogP contribution is 2.61. The summed E-state index contributed by atoms with van der Waals surface area (Å²) in [5.74, 6) is 2.68. The van der Waals surface area contributed by atoms with Gasteiger partial charge in [-0.3, -0.25) is 0 Å². The molecule has 4 saturated carbocycles. The van der Waals surface area contributed by atoms with E-state index >= 15 is 0 Å². The van der Waals surface area contributed by atoms with Crippen LogP contribution in [0.3, 0.4) is 0 Å². The second kappa shape index (κ2) is 3.76. The molecule has 0 aliphatic heterocycles. The lowest BCUT2D eigenvalue weighted by Gasteiger charge is -2.58. The Bertz CT molecular complexity index is 249. The Kier molecular flexibility index (Phi) is 2.50. The molecule has 0 amide bonds. The van der Waals surface area contributed by atoms with Crippen LogP contribution in [0.1, 0.15) is 38.5 Å². The third-order valence-electron chi connectivity index (χ3n) is 5.16. The highest BCUT2D eigenvalue weighted by molar-refractivity contribution is 5.04. The maximum Gasteiger partial charge on any atom is 0.114 e. The van der Waals surface area contributed by atoms with Crippen molar-refractivity contribution in [1.29, 1.82) is 0 Å². The van der Waals surface area contributed by atoms with Crippen molar-refractivity contribution in [3.63, 3.8) is 0 Å². The lowest BCUT2D eigenvalue weighted by molar-refractivity contribution is -0.133. The predicted molar refractivity (Wildman–Crippen MR) is 62.8 cm³/mol. The summed E-state index contributed by atoms with van der Waals surface area (Å²) >= 11 is 0. The van der Waals surface area contributed by atoms with E-state index in [1.807, 2.05) is 0 Å². The molecule has 0 aromatic heterocycles. The van der Waals surface area contributed by atoms with Gasteiger partial charge in [-0.05, 0) is 56.3 Å². The maximum atomic E-state index is 10.4. The highest BCUT2D eigenvalue weighted by atomic mass is 16.5. The lowest BCUT2D eigenvalue weighted by Crippen LogP contribution is -2.52. The van der Waals surface area contributed by atoms with E-state index < -0.39 is 0 Å². The molecule has 2 nitrogen and oxygen atoms in total. The summed E-state index contributed by atoms with van der Waals surface area (Å²) in [6, 6.07) is 0. The average molecular weight is 222 g/mol. The third kappa shape index (κ3) is 1.58. The van der Waals surface area contributed by atoms with Crippen molar-refractivity contribution in [3.8, 4) is 0 Å². The smallest absolute Gasteiger partial charge is 0.114 e. The Morgan fingerprint density at radius 3 is 2.12 bits per heavy atom. The van der Waals surface area contributed by atoms with Crippen LogP contribution in [0, 0.1) is 23.2 Å². The van der Waals surface area contributed by atoms with E-state index in [1.165, 1.54) is 44.8 Å². The van der Waals surface area contributed by atoms with Crippen molar-refractivity contribution >= 4 is 0 Å². The monoisotopic (exact) mass is 222 g/mol. The number of hydrogen-bond donors (Lipinski definition) is 1. The van der Waals surface area contributed by atoms with Gasteiger partial charge < -0.3 is 9.84 Å². The molecular weight excluding hydrogens is 200 g/mol. The van der Waals surface area contributed by atoms with Crippen molar-refractivity contribution in [2.24, 2.45) is 23.2 Å². The Morgan fingerprint density at radius 1 is 1.19 bits per heavy atom. The second-order valence-corrected chi connectivity index (χ2v) is 6.30. The van der Waals surface area contributed by atoms with E-state index in [-0.39, 0.29) is 11.5 Å². The Hall–Kier alpha value is -0.500. The molecule has 0 saturated heterocycles. The minimum atomic E-state index is -0.279. The van der Waals surface area contributed by atoms with E-state index in [4.69, 9.17) is 4.74 Å². The topological polar surface area (TPSA) is 29.5 Å². The van der Waals surface area contributed by atoms with E-state index in [9.17, 15) is 5.11 Å². The molecule has 0 aromatic carbocycles. The first kappa shape index (κ1) is 10.6. The van der Waals surface area contributed by atoms with Crippen molar-refractivity contribution in [1.82, 2.24) is 0 Å². The molecular formula is C14H22O2. The Morgan fingerprint density at radius 2 is 1.69 bits per heavy atom. The number of ether oxygens (including phenoxy) is 1. The van der Waals surface area contributed by atoms with Crippen LogP contribution < -0.4 is 0 Å². The van der Waals surface area contributed by atoms with E-state index in [0.29, 0.717) is 6.61 Å². The minimum Gasteiger partial charge on any atom is -0.499 e. The Balaban J connectivity index is 1.75. The molecule has 0 aromatic rings. The zero-order valence-corrected chi connectivity index (χ0v) is 9.90. The molecule has 0 heterocycles. The molecule has 4 fully saturated rings. The van der Waals surface area contributed by atoms with E-state index in [1.54, 1.807) is 0 Å². The van der Waals surface area contributed by atoms with Gasteiger partial charge in [-0.2, -0.15) is 0 Å². The molecule has 0 spiro atoms. The van der Waals surface area contributed by atoms with Gasteiger partial charge >= 0.3 is 0 Å². The minimum absolute atomic E-state index is 0.192. The number of hydrogen-bond acceptors (Lipinski definition) is 2. The zero-order valence-electron chi connectivity index (χ0n) is 9.90. The van der Waals surface area contributed by atoms with Crippen LogP contribution in [-0.4, -0.2) is 17.8 Å². The fourth-order valence-corrected chi connectivity index (χ4v) is 4.92. The van der Waals surface area contributed by atoms with Crippen LogP contribution in [0.15, 0.2) is 12.8 Å². The SMILES string of the molecule is C=COCC(O)C12CC3CC(CC(C3)C1)C2. The van der Waals surface area contributed by atoms with Crippen LogP contribution in [0.25, 0.3) is 0 Å². The molecule has 4 bridgehead atoms. The van der Waals surface area contributed by atoms with Gasteiger partial charge in [0, 0.05) is 5.41 Å². The summed E-state index contributed by atoms with van der Waals surface area (Å²) in [6.45, 7) is 3.99. The first-order valence-corrected chi connectivity index (χ1v) is 6.62. The lowest BCUT2D eigenvalue weighted by atomic mass is 9.48. The van der Waals surface area contributed by atoms with Gasteiger partial charge in [-0.1, -0.05) is 6.58 Å². The third-order valence-corrected chi connectivity index (χ3v) is 5.16. The van der Waals surface area contributed by atoms with Crippen LogP contribution in [-0.2, 0) is 4.74 Å². The fourth-order valence-electron chi connectivity index (χ4n) is 4.92. The zero-order chi connectivity index (χ0) is 11.2. The molecule has 1 atom stereocenters. The van der Waals surface area contributed by atoms with Gasteiger partial charge in [0.25, 0.3) is 0 Å². The van der Waals surface area contributed by atoms with Gasteiger partial charge in [0.2, 0.25) is 0 Å². The average Bonchev–Trinajstić information content (AvgIpc) is 2.24. The van der Waals surface area contributed by atoms with Crippen molar-refractivity contribution < 1.29 is 9.84 Å². The second-order valence-electron chi connectivity index (χ2n) is 6.30. The molecule has 4 aliphatic rings. The molecule has 4 rings (SSSR count). The summed E-state index contributed by atoms with van der Waals surface area (Å²) in [5, 5.41) is 10.4. The number of aliphatic hydroxyl groups is 1. The molecule has 1 unspecified atom stereocenters. The summed E-state index contributed by atoms with van der Waals surface area (Å²) in [5.41, 5.74) is 0.192. The normalized spacial score (nSPS) is 46.7. The van der Waals surface area contributed by atoms with Gasteiger partial charge in [-0.25, -0.2) is 0 Å². The predicted octanol–water partition coefficient (Wildman–Crippen LogP) is 2.72. The first-order chi connectivity index (χ1) is 7.72. The van der Waals surface area contributed by atoms with Crippen molar-refractivity contribution in [2.45, 2.75) is 44.6 Å². The van der Waals surface area contributed by atoms with Gasteiger partial charge in [0.15, 0.2) is 0 Å². The molecule has 4 aliphatic carbocycles. The fraction of sp³-hybridized carbons (Fsp3) is 0.857. The summed E-state index contributed by atoms with van der Waals surface area (Å²) in [7, 11) is 0. The first-order valence-electron chi connectivity index (χ1n) is 6.62.